The molecule has 3 N–H and O–H groups in total. The van der Waals surface area contributed by atoms with Gasteiger partial charge in [0.25, 0.3) is 0 Å². The highest BCUT2D eigenvalue weighted by molar-refractivity contribution is 7.16. The van der Waals surface area contributed by atoms with Crippen LogP contribution in [0.15, 0.2) is 17.8 Å². The molecule has 3 rings (SSSR count). The Kier molecular flexibility index (Phi) is 5.55. The maximum Gasteiger partial charge on any atom is 0.243 e. The summed E-state index contributed by atoms with van der Waals surface area (Å²) in [4.78, 5) is 24.2. The van der Waals surface area contributed by atoms with E-state index in [2.05, 4.69) is 20.2 Å². The molecule has 22 heavy (non-hydrogen) atoms. The van der Waals surface area contributed by atoms with Crippen molar-refractivity contribution in [1.29, 1.82) is 0 Å². The van der Waals surface area contributed by atoms with Gasteiger partial charge in [-0.1, -0.05) is 0 Å². The fraction of sp³-hybridized carbons (Fsp3) is 0.500. The van der Waals surface area contributed by atoms with E-state index in [4.69, 9.17) is 5.73 Å². The number of hydrogen-bond acceptors (Lipinski definition) is 6. The van der Waals surface area contributed by atoms with Gasteiger partial charge in [0.05, 0.1) is 5.39 Å². The summed E-state index contributed by atoms with van der Waals surface area (Å²) in [6.45, 7) is 3.21. The van der Waals surface area contributed by atoms with Crippen molar-refractivity contribution in [2.24, 2.45) is 5.73 Å². The first-order chi connectivity index (χ1) is 10.2. The maximum atomic E-state index is 12.4. The Hall–Kier alpha value is -1.44. The van der Waals surface area contributed by atoms with E-state index in [9.17, 15) is 4.79 Å². The van der Waals surface area contributed by atoms with E-state index in [0.717, 1.165) is 35.4 Å². The molecule has 1 saturated heterocycles. The molecule has 0 radical (unpaired) electrons. The summed E-state index contributed by atoms with van der Waals surface area (Å²) in [7, 11) is 0. The largest absolute Gasteiger partial charge is 0.351 e. The Labute approximate surface area is 139 Å². The molecule has 1 amide bonds. The lowest BCUT2D eigenvalue weighted by Crippen LogP contribution is -2.48. The summed E-state index contributed by atoms with van der Waals surface area (Å²) in [6, 6.07) is 1.84. The molecule has 2 aromatic heterocycles. The lowest BCUT2D eigenvalue weighted by atomic mass is 10.2. The van der Waals surface area contributed by atoms with Crippen molar-refractivity contribution in [3.8, 4) is 0 Å². The molecule has 1 unspecified atom stereocenters. The van der Waals surface area contributed by atoms with Crippen LogP contribution in [0.2, 0.25) is 0 Å². The second-order valence-electron chi connectivity index (χ2n) is 5.33. The number of anilines is 1. The Morgan fingerprint density at radius 2 is 2.41 bits per heavy atom. The number of nitrogens with two attached hydrogens (primary N) is 1. The molecule has 0 spiro atoms. The van der Waals surface area contributed by atoms with E-state index in [1.54, 1.807) is 17.7 Å². The van der Waals surface area contributed by atoms with Crippen molar-refractivity contribution >= 4 is 45.7 Å². The third-order valence-electron chi connectivity index (χ3n) is 3.81. The molecular weight excluding hydrogens is 322 g/mol. The van der Waals surface area contributed by atoms with Crippen LogP contribution >= 0.6 is 23.7 Å². The average molecular weight is 342 g/mol. The minimum absolute atomic E-state index is 0. The van der Waals surface area contributed by atoms with Crippen LogP contribution in [0.25, 0.3) is 10.2 Å². The molecule has 2 aromatic rings. The number of rotatable bonds is 4. The molecule has 0 bridgehead atoms. The molecule has 1 aliphatic rings. The van der Waals surface area contributed by atoms with Gasteiger partial charge in [-0.3, -0.25) is 4.79 Å². The van der Waals surface area contributed by atoms with Gasteiger partial charge in [0.1, 0.15) is 23.0 Å². The SMILES string of the molecule is C[C@@H](CN)NC(=O)C1CCCN1c1ncnc2sccc12.Cl. The number of carbonyl (C=O) groups excluding carboxylic acids is 1. The van der Waals surface area contributed by atoms with Crippen LogP contribution in [0.1, 0.15) is 19.8 Å². The van der Waals surface area contributed by atoms with Gasteiger partial charge in [0.15, 0.2) is 0 Å². The standard InChI is InChI=1S/C14H19N5OS.ClH/c1-9(7-15)18-13(20)11-3-2-5-19(11)12-10-4-6-21-14(10)17-8-16-12;/h4,6,8-9,11H,2-3,5,7,15H2,1H3,(H,18,20);1H/t9-,11?;/m0./s1. The first-order valence-corrected chi connectivity index (χ1v) is 8.04. The molecule has 0 aliphatic carbocycles. The third kappa shape index (κ3) is 3.16. The molecule has 2 atom stereocenters. The summed E-state index contributed by atoms with van der Waals surface area (Å²) >= 11 is 1.59. The minimum Gasteiger partial charge on any atom is -0.351 e. The molecule has 3 heterocycles. The quantitative estimate of drug-likeness (QED) is 0.881. The molecule has 120 valence electrons. The fourth-order valence-electron chi connectivity index (χ4n) is 2.70. The molecule has 1 aliphatic heterocycles. The predicted molar refractivity (Wildman–Crippen MR) is 91.7 cm³/mol. The normalized spacial score (nSPS) is 19.0. The van der Waals surface area contributed by atoms with Crippen molar-refractivity contribution in [2.45, 2.75) is 31.8 Å². The molecule has 8 heteroatoms. The lowest BCUT2D eigenvalue weighted by Gasteiger charge is -2.26. The average Bonchev–Trinajstić information content (AvgIpc) is 3.15. The number of aromatic nitrogens is 2. The zero-order valence-corrected chi connectivity index (χ0v) is 14.0. The summed E-state index contributed by atoms with van der Waals surface area (Å²) in [5.74, 6) is 0.895. The minimum atomic E-state index is -0.169. The van der Waals surface area contributed by atoms with Gasteiger partial charge in [-0.2, -0.15) is 0 Å². The van der Waals surface area contributed by atoms with Crippen LogP contribution in [0.4, 0.5) is 5.82 Å². The lowest BCUT2D eigenvalue weighted by molar-refractivity contribution is -0.122. The van der Waals surface area contributed by atoms with Crippen molar-refractivity contribution < 1.29 is 4.79 Å². The first-order valence-electron chi connectivity index (χ1n) is 7.16. The van der Waals surface area contributed by atoms with Crippen LogP contribution in [0.5, 0.6) is 0 Å². The van der Waals surface area contributed by atoms with Gasteiger partial charge in [-0.05, 0) is 31.2 Å². The van der Waals surface area contributed by atoms with E-state index in [1.165, 1.54) is 0 Å². The van der Waals surface area contributed by atoms with Gasteiger partial charge < -0.3 is 16.0 Å². The van der Waals surface area contributed by atoms with E-state index in [0.29, 0.717) is 6.54 Å². The monoisotopic (exact) mass is 341 g/mol. The Morgan fingerprint density at radius 1 is 1.59 bits per heavy atom. The topological polar surface area (TPSA) is 84.1 Å². The highest BCUT2D eigenvalue weighted by Crippen LogP contribution is 2.31. The number of amides is 1. The fourth-order valence-corrected chi connectivity index (χ4v) is 3.42. The van der Waals surface area contributed by atoms with E-state index >= 15 is 0 Å². The van der Waals surface area contributed by atoms with Gasteiger partial charge in [-0.15, -0.1) is 23.7 Å². The van der Waals surface area contributed by atoms with Crippen molar-refractivity contribution in [2.75, 3.05) is 18.0 Å². The van der Waals surface area contributed by atoms with Crippen molar-refractivity contribution in [3.05, 3.63) is 17.8 Å². The van der Waals surface area contributed by atoms with Crippen LogP contribution in [0, 0.1) is 0 Å². The van der Waals surface area contributed by atoms with E-state index in [-0.39, 0.29) is 30.4 Å². The highest BCUT2D eigenvalue weighted by Gasteiger charge is 2.33. The number of hydrogen-bond donors (Lipinski definition) is 2. The molecule has 0 saturated carbocycles. The van der Waals surface area contributed by atoms with Crippen molar-refractivity contribution in [3.63, 3.8) is 0 Å². The second-order valence-corrected chi connectivity index (χ2v) is 6.23. The summed E-state index contributed by atoms with van der Waals surface area (Å²) in [5, 5.41) is 5.99. The van der Waals surface area contributed by atoms with Crippen LogP contribution in [-0.4, -0.2) is 41.0 Å². The van der Waals surface area contributed by atoms with Crippen LogP contribution < -0.4 is 16.0 Å². The maximum absolute atomic E-state index is 12.4. The molecule has 6 nitrogen and oxygen atoms in total. The smallest absolute Gasteiger partial charge is 0.243 e. The summed E-state index contributed by atoms with van der Waals surface area (Å²) in [5.41, 5.74) is 5.58. The zero-order valence-electron chi connectivity index (χ0n) is 12.4. The Bertz CT molecular complexity index is 649. The van der Waals surface area contributed by atoms with Gasteiger partial charge >= 0.3 is 0 Å². The van der Waals surface area contributed by atoms with Crippen molar-refractivity contribution in [1.82, 2.24) is 15.3 Å². The number of thiophene rings is 1. The van der Waals surface area contributed by atoms with Gasteiger partial charge in [-0.25, -0.2) is 9.97 Å². The Morgan fingerprint density at radius 3 is 3.18 bits per heavy atom. The molecular formula is C14H20ClN5OS. The Balaban J connectivity index is 0.00000176. The number of carbonyl (C=O) groups is 1. The number of halogens is 1. The third-order valence-corrected chi connectivity index (χ3v) is 4.63. The summed E-state index contributed by atoms with van der Waals surface area (Å²) in [6.07, 6.45) is 3.41. The van der Waals surface area contributed by atoms with Crippen LogP contribution in [-0.2, 0) is 4.79 Å². The second kappa shape index (κ2) is 7.21. The number of nitrogens with zero attached hydrogens (tertiary/aromatic N) is 3. The molecule has 1 fully saturated rings. The van der Waals surface area contributed by atoms with Gasteiger partial charge in [0.2, 0.25) is 5.91 Å². The molecule has 0 aromatic carbocycles. The van der Waals surface area contributed by atoms with E-state index in [1.807, 2.05) is 18.4 Å². The number of nitrogens with one attached hydrogen (secondary N) is 1. The first kappa shape index (κ1) is 16.9. The predicted octanol–water partition coefficient (Wildman–Crippen LogP) is 1.55. The van der Waals surface area contributed by atoms with E-state index < -0.39 is 0 Å². The highest BCUT2D eigenvalue weighted by atomic mass is 35.5. The number of fused-ring (bicyclic) bond motifs is 1. The van der Waals surface area contributed by atoms with Crippen LogP contribution in [0.3, 0.4) is 0 Å². The summed E-state index contributed by atoms with van der Waals surface area (Å²) < 4.78 is 0. The zero-order chi connectivity index (χ0) is 14.8. The van der Waals surface area contributed by atoms with Gasteiger partial charge in [0, 0.05) is 19.1 Å².